The van der Waals surface area contributed by atoms with Crippen molar-refractivity contribution in [3.8, 4) is 0 Å². The van der Waals surface area contributed by atoms with Crippen molar-refractivity contribution in [3.63, 3.8) is 0 Å². The van der Waals surface area contributed by atoms with Crippen LogP contribution in [0.4, 0.5) is 0 Å². The molecule has 0 aromatic carbocycles. The number of hydrogen-bond donors (Lipinski definition) is 4. The normalized spacial score (nSPS) is 13.1. The Kier molecular flexibility index (Phi) is 4.53. The lowest BCUT2D eigenvalue weighted by Gasteiger charge is -2.08. The Bertz CT molecular complexity index is 211. The van der Waals surface area contributed by atoms with Crippen molar-refractivity contribution < 1.29 is 5.11 Å². The molecule has 0 aliphatic carbocycles. The molecule has 1 heterocycles. The molecule has 1 rings (SSSR count). The van der Waals surface area contributed by atoms with Crippen molar-refractivity contribution in [1.29, 1.82) is 0 Å². The van der Waals surface area contributed by atoms with Gasteiger partial charge in [0.1, 0.15) is 0 Å². The minimum atomic E-state index is -0.147. The maximum Gasteiger partial charge on any atom is 0.0594 e. The summed E-state index contributed by atoms with van der Waals surface area (Å²) in [5.41, 5.74) is 6.80. The number of hydrogen-bond acceptors (Lipinski definition) is 3. The van der Waals surface area contributed by atoms with Crippen LogP contribution in [-0.2, 0) is 6.42 Å². The van der Waals surface area contributed by atoms with E-state index in [2.05, 4.69) is 10.3 Å². The fourth-order valence-electron chi connectivity index (χ4n) is 1.10. The molecule has 1 unspecified atom stereocenters. The molecule has 0 aliphatic rings. The highest BCUT2D eigenvalue weighted by atomic mass is 16.3. The van der Waals surface area contributed by atoms with E-state index in [4.69, 9.17) is 10.8 Å². The van der Waals surface area contributed by atoms with Gasteiger partial charge in [0, 0.05) is 25.0 Å². The molecule has 0 amide bonds. The third-order valence-corrected chi connectivity index (χ3v) is 1.89. The summed E-state index contributed by atoms with van der Waals surface area (Å²) in [4.78, 5) is 3.00. The van der Waals surface area contributed by atoms with E-state index in [9.17, 15) is 0 Å². The molecule has 74 valence electrons. The molecule has 0 fully saturated rings. The van der Waals surface area contributed by atoms with Crippen molar-refractivity contribution in [1.82, 2.24) is 10.3 Å². The average molecular weight is 183 g/mol. The summed E-state index contributed by atoms with van der Waals surface area (Å²) in [5, 5.41) is 11.8. The first kappa shape index (κ1) is 10.2. The van der Waals surface area contributed by atoms with E-state index in [1.54, 1.807) is 0 Å². The first-order valence-electron chi connectivity index (χ1n) is 4.51. The zero-order valence-corrected chi connectivity index (χ0v) is 7.66. The molecule has 0 saturated heterocycles. The van der Waals surface area contributed by atoms with Gasteiger partial charge in [-0.25, -0.2) is 0 Å². The topological polar surface area (TPSA) is 74.1 Å². The standard InChI is InChI=1S/C9H17N3O/c10-9(7-13)6-12-4-2-8-1-3-11-5-8/h1,3,5,9,11-13H,2,4,6-7,10H2. The summed E-state index contributed by atoms with van der Waals surface area (Å²) in [5.74, 6) is 0. The van der Waals surface area contributed by atoms with Crippen LogP contribution in [0.3, 0.4) is 0 Å². The Hall–Kier alpha value is -0.840. The number of aromatic amines is 1. The van der Waals surface area contributed by atoms with Gasteiger partial charge in [-0.15, -0.1) is 0 Å². The first-order valence-corrected chi connectivity index (χ1v) is 4.51. The van der Waals surface area contributed by atoms with Gasteiger partial charge >= 0.3 is 0 Å². The first-order chi connectivity index (χ1) is 6.33. The molecule has 4 heteroatoms. The summed E-state index contributed by atoms with van der Waals surface area (Å²) in [6.07, 6.45) is 4.88. The smallest absolute Gasteiger partial charge is 0.0594 e. The molecule has 0 aliphatic heterocycles. The van der Waals surface area contributed by atoms with E-state index in [0.29, 0.717) is 6.54 Å². The number of H-pyrrole nitrogens is 1. The van der Waals surface area contributed by atoms with Gasteiger partial charge in [-0.1, -0.05) is 0 Å². The molecular formula is C9H17N3O. The van der Waals surface area contributed by atoms with E-state index in [1.807, 2.05) is 18.5 Å². The summed E-state index contributed by atoms with van der Waals surface area (Å²) in [6, 6.07) is 1.90. The van der Waals surface area contributed by atoms with Gasteiger partial charge in [0.2, 0.25) is 0 Å². The number of nitrogens with two attached hydrogens (primary N) is 1. The van der Waals surface area contributed by atoms with Crippen LogP contribution >= 0.6 is 0 Å². The summed E-state index contributed by atoms with van der Waals surface area (Å²) >= 11 is 0. The van der Waals surface area contributed by atoms with Gasteiger partial charge < -0.3 is 21.1 Å². The highest BCUT2D eigenvalue weighted by Crippen LogP contribution is 1.95. The van der Waals surface area contributed by atoms with Crippen LogP contribution in [0.25, 0.3) is 0 Å². The Labute approximate surface area is 78.1 Å². The molecule has 0 saturated carbocycles. The van der Waals surface area contributed by atoms with E-state index in [1.165, 1.54) is 5.56 Å². The van der Waals surface area contributed by atoms with Crippen molar-refractivity contribution in [2.75, 3.05) is 19.7 Å². The number of aliphatic hydroxyl groups excluding tert-OH is 1. The molecule has 5 N–H and O–H groups in total. The van der Waals surface area contributed by atoms with Crippen LogP contribution in [0.2, 0.25) is 0 Å². The van der Waals surface area contributed by atoms with Crippen LogP contribution in [0.15, 0.2) is 18.5 Å². The van der Waals surface area contributed by atoms with Crippen molar-refractivity contribution in [2.45, 2.75) is 12.5 Å². The zero-order chi connectivity index (χ0) is 9.52. The fourth-order valence-corrected chi connectivity index (χ4v) is 1.10. The average Bonchev–Trinajstić information content (AvgIpc) is 2.64. The molecule has 1 aromatic rings. The van der Waals surface area contributed by atoms with Crippen LogP contribution < -0.4 is 11.1 Å². The van der Waals surface area contributed by atoms with Crippen molar-refractivity contribution >= 4 is 0 Å². The van der Waals surface area contributed by atoms with Crippen LogP contribution in [0.1, 0.15) is 5.56 Å². The maximum absolute atomic E-state index is 8.65. The fraction of sp³-hybridized carbons (Fsp3) is 0.556. The van der Waals surface area contributed by atoms with Crippen molar-refractivity contribution in [2.24, 2.45) is 5.73 Å². The second-order valence-corrected chi connectivity index (χ2v) is 3.12. The molecule has 1 atom stereocenters. The monoisotopic (exact) mass is 183 g/mol. The molecule has 0 spiro atoms. The van der Waals surface area contributed by atoms with Gasteiger partial charge in [0.15, 0.2) is 0 Å². The van der Waals surface area contributed by atoms with E-state index in [0.717, 1.165) is 13.0 Å². The zero-order valence-electron chi connectivity index (χ0n) is 7.66. The third kappa shape index (κ3) is 4.07. The van der Waals surface area contributed by atoms with Crippen LogP contribution in [0, 0.1) is 0 Å². The van der Waals surface area contributed by atoms with Crippen molar-refractivity contribution in [3.05, 3.63) is 24.0 Å². The second-order valence-electron chi connectivity index (χ2n) is 3.12. The molecule has 0 bridgehead atoms. The predicted molar refractivity (Wildman–Crippen MR) is 52.4 cm³/mol. The largest absolute Gasteiger partial charge is 0.395 e. The quantitative estimate of drug-likeness (QED) is 0.448. The van der Waals surface area contributed by atoms with Gasteiger partial charge in [-0.3, -0.25) is 0 Å². The molecule has 13 heavy (non-hydrogen) atoms. The van der Waals surface area contributed by atoms with Crippen LogP contribution in [0.5, 0.6) is 0 Å². The molecule has 4 nitrogen and oxygen atoms in total. The SMILES string of the molecule is NC(CO)CNCCc1cc[nH]c1. The lowest BCUT2D eigenvalue weighted by atomic mass is 10.2. The summed E-state index contributed by atoms with van der Waals surface area (Å²) in [6.45, 7) is 1.60. The Morgan fingerprint density at radius 3 is 3.08 bits per heavy atom. The van der Waals surface area contributed by atoms with Gasteiger partial charge in [0.05, 0.1) is 6.61 Å². The molecular weight excluding hydrogens is 166 g/mol. The minimum absolute atomic E-state index is 0.0388. The number of aromatic nitrogens is 1. The van der Waals surface area contributed by atoms with E-state index in [-0.39, 0.29) is 12.6 Å². The highest BCUT2D eigenvalue weighted by Gasteiger charge is 1.98. The lowest BCUT2D eigenvalue weighted by molar-refractivity contribution is 0.262. The second kappa shape index (κ2) is 5.75. The Balaban J connectivity index is 2.02. The number of nitrogens with one attached hydrogen (secondary N) is 2. The highest BCUT2D eigenvalue weighted by molar-refractivity contribution is 5.08. The van der Waals surface area contributed by atoms with Gasteiger partial charge in [0.25, 0.3) is 0 Å². The summed E-state index contributed by atoms with van der Waals surface area (Å²) in [7, 11) is 0. The van der Waals surface area contributed by atoms with E-state index < -0.39 is 0 Å². The van der Waals surface area contributed by atoms with Gasteiger partial charge in [-0.05, 0) is 24.6 Å². The Morgan fingerprint density at radius 1 is 1.62 bits per heavy atom. The number of rotatable bonds is 6. The lowest BCUT2D eigenvalue weighted by Crippen LogP contribution is -2.37. The predicted octanol–water partition coefficient (Wildman–Crippen LogP) is -0.534. The molecule has 0 radical (unpaired) electrons. The number of aliphatic hydroxyl groups is 1. The minimum Gasteiger partial charge on any atom is -0.395 e. The Morgan fingerprint density at radius 2 is 2.46 bits per heavy atom. The third-order valence-electron chi connectivity index (χ3n) is 1.89. The maximum atomic E-state index is 8.65. The van der Waals surface area contributed by atoms with Crippen LogP contribution in [-0.4, -0.2) is 35.8 Å². The van der Waals surface area contributed by atoms with Gasteiger partial charge in [-0.2, -0.15) is 0 Å². The summed E-state index contributed by atoms with van der Waals surface area (Å²) < 4.78 is 0. The molecule has 1 aromatic heterocycles. The van der Waals surface area contributed by atoms with E-state index >= 15 is 0 Å².